The Morgan fingerprint density at radius 2 is 2.06 bits per heavy atom. The molecule has 0 bridgehead atoms. The molecule has 0 unspecified atom stereocenters. The largest absolute Gasteiger partial charge is 0.368 e. The summed E-state index contributed by atoms with van der Waals surface area (Å²) in [6.07, 6.45) is 0. The van der Waals surface area contributed by atoms with Crippen molar-refractivity contribution >= 4 is 21.7 Å². The Balaban J connectivity index is 2.58. The second-order valence-corrected chi connectivity index (χ2v) is 5.53. The average molecular weight is 273 g/mol. The van der Waals surface area contributed by atoms with Crippen LogP contribution in [0.1, 0.15) is 10.5 Å². The molecule has 1 rings (SSSR count). The number of hydrogen-bond donors (Lipinski definition) is 2. The minimum Gasteiger partial charge on any atom is -0.368 e. The zero-order valence-corrected chi connectivity index (χ0v) is 10.9. The first-order chi connectivity index (χ1) is 8.29. The lowest BCUT2D eigenvalue weighted by atomic mass is 10.3. The number of nitrogens with zero attached hydrogens (tertiary/aromatic N) is 3. The Kier molecular flexibility index (Phi) is 4.56. The molecule has 0 radical (unpaired) electrons. The molecular weight excluding hydrogens is 258 g/mol. The number of nitrogens with one attached hydrogen (secondary N) is 1. The predicted octanol–water partition coefficient (Wildman–Crippen LogP) is -1.12. The lowest BCUT2D eigenvalue weighted by Crippen LogP contribution is -2.24. The van der Waals surface area contributed by atoms with Crippen LogP contribution in [0.25, 0.3) is 0 Å². The summed E-state index contributed by atoms with van der Waals surface area (Å²) in [5.41, 5.74) is 0.219. The minimum atomic E-state index is -3.50. The van der Waals surface area contributed by atoms with Crippen molar-refractivity contribution in [3.8, 4) is 0 Å². The lowest BCUT2D eigenvalue weighted by Gasteiger charge is -2.09. The number of nitrogens with two attached hydrogens (primary N) is 1. The van der Waals surface area contributed by atoms with Gasteiger partial charge in [0.2, 0.25) is 10.0 Å². The Morgan fingerprint density at radius 3 is 2.50 bits per heavy atom. The maximum absolute atomic E-state index is 11.5. The maximum atomic E-state index is 11.5. The summed E-state index contributed by atoms with van der Waals surface area (Å²) in [6.45, 7) is 0.133. The van der Waals surface area contributed by atoms with Gasteiger partial charge in [-0.05, 0) is 12.1 Å². The lowest BCUT2D eigenvalue weighted by molar-refractivity contribution is 0.0821. The van der Waals surface area contributed by atoms with Crippen LogP contribution in [-0.4, -0.2) is 55.8 Å². The van der Waals surface area contributed by atoms with E-state index >= 15 is 0 Å². The van der Waals surface area contributed by atoms with Crippen molar-refractivity contribution in [2.24, 2.45) is 5.14 Å². The molecule has 0 fully saturated rings. The van der Waals surface area contributed by atoms with Crippen molar-refractivity contribution in [1.82, 2.24) is 15.1 Å². The van der Waals surface area contributed by atoms with Gasteiger partial charge in [-0.3, -0.25) is 4.79 Å². The van der Waals surface area contributed by atoms with E-state index in [0.717, 1.165) is 0 Å². The van der Waals surface area contributed by atoms with Crippen LogP contribution in [-0.2, 0) is 10.0 Å². The van der Waals surface area contributed by atoms with E-state index in [4.69, 9.17) is 5.14 Å². The van der Waals surface area contributed by atoms with Crippen molar-refractivity contribution in [2.75, 3.05) is 31.7 Å². The van der Waals surface area contributed by atoms with Crippen LogP contribution in [0.15, 0.2) is 12.1 Å². The van der Waals surface area contributed by atoms with Gasteiger partial charge in [-0.2, -0.15) is 0 Å². The second-order valence-electron chi connectivity index (χ2n) is 3.80. The predicted molar refractivity (Wildman–Crippen MR) is 66.5 cm³/mol. The number of hydrogen-bond acceptors (Lipinski definition) is 6. The van der Waals surface area contributed by atoms with Crippen LogP contribution in [0.5, 0.6) is 0 Å². The molecule has 3 N–H and O–H groups in total. The zero-order valence-electron chi connectivity index (χ0n) is 10.1. The van der Waals surface area contributed by atoms with Gasteiger partial charge in [0.25, 0.3) is 5.91 Å². The molecule has 8 nitrogen and oxygen atoms in total. The number of sulfonamides is 1. The molecule has 1 heterocycles. The van der Waals surface area contributed by atoms with Crippen LogP contribution >= 0.6 is 0 Å². The van der Waals surface area contributed by atoms with Gasteiger partial charge < -0.3 is 10.2 Å². The Hall–Kier alpha value is -1.74. The minimum absolute atomic E-state index is 0.133. The Morgan fingerprint density at radius 1 is 1.39 bits per heavy atom. The van der Waals surface area contributed by atoms with Gasteiger partial charge >= 0.3 is 0 Å². The van der Waals surface area contributed by atoms with E-state index in [9.17, 15) is 13.2 Å². The first kappa shape index (κ1) is 14.3. The quantitative estimate of drug-likeness (QED) is 0.701. The normalized spacial score (nSPS) is 11.1. The second kappa shape index (κ2) is 5.74. The third-order valence-electron chi connectivity index (χ3n) is 1.98. The molecule has 0 atom stereocenters. The van der Waals surface area contributed by atoms with Crippen LogP contribution in [0.2, 0.25) is 0 Å². The van der Waals surface area contributed by atoms with Crippen LogP contribution in [0.3, 0.4) is 0 Å². The van der Waals surface area contributed by atoms with E-state index in [1.165, 1.54) is 11.0 Å². The molecule has 9 heteroatoms. The summed E-state index contributed by atoms with van der Waals surface area (Å²) >= 11 is 0. The molecule has 0 aliphatic heterocycles. The molecular formula is C9H15N5O3S. The smallest absolute Gasteiger partial charge is 0.273 e. The first-order valence-corrected chi connectivity index (χ1v) is 6.81. The number of carbonyl (C=O) groups excluding carboxylic acids is 1. The van der Waals surface area contributed by atoms with Gasteiger partial charge in [-0.15, -0.1) is 10.2 Å². The summed E-state index contributed by atoms with van der Waals surface area (Å²) in [4.78, 5) is 12.9. The van der Waals surface area contributed by atoms with Crippen molar-refractivity contribution in [1.29, 1.82) is 0 Å². The van der Waals surface area contributed by atoms with Crippen LogP contribution in [0, 0.1) is 0 Å². The molecule has 0 aliphatic carbocycles. The summed E-state index contributed by atoms with van der Waals surface area (Å²) in [5.74, 6) is -0.0693. The highest BCUT2D eigenvalue weighted by Gasteiger charge is 2.10. The number of amides is 1. The van der Waals surface area contributed by atoms with Gasteiger partial charge in [0.15, 0.2) is 5.69 Å². The van der Waals surface area contributed by atoms with Crippen molar-refractivity contribution in [3.63, 3.8) is 0 Å². The molecule has 0 spiro atoms. The monoisotopic (exact) mass is 273 g/mol. The third kappa shape index (κ3) is 4.63. The van der Waals surface area contributed by atoms with Crippen molar-refractivity contribution in [3.05, 3.63) is 17.8 Å². The summed E-state index contributed by atoms with van der Waals surface area (Å²) in [5, 5.41) is 15.1. The van der Waals surface area contributed by atoms with E-state index < -0.39 is 10.0 Å². The Bertz CT molecular complexity index is 512. The van der Waals surface area contributed by atoms with E-state index in [1.54, 1.807) is 20.2 Å². The van der Waals surface area contributed by atoms with Crippen molar-refractivity contribution < 1.29 is 13.2 Å². The van der Waals surface area contributed by atoms with Crippen LogP contribution < -0.4 is 10.5 Å². The molecule has 0 saturated carbocycles. The third-order valence-corrected chi connectivity index (χ3v) is 2.76. The fourth-order valence-electron chi connectivity index (χ4n) is 1.09. The highest BCUT2D eigenvalue weighted by atomic mass is 32.2. The Labute approximate surface area is 105 Å². The van der Waals surface area contributed by atoms with Gasteiger partial charge in [0.1, 0.15) is 5.82 Å². The van der Waals surface area contributed by atoms with E-state index in [0.29, 0.717) is 5.82 Å². The highest BCUT2D eigenvalue weighted by molar-refractivity contribution is 7.89. The zero-order chi connectivity index (χ0) is 13.8. The molecule has 1 aromatic heterocycles. The molecule has 1 aromatic rings. The van der Waals surface area contributed by atoms with E-state index in [-0.39, 0.29) is 23.9 Å². The van der Waals surface area contributed by atoms with E-state index in [1.807, 2.05) is 0 Å². The SMILES string of the molecule is CN(C)C(=O)c1ccc(NCCS(N)(=O)=O)nn1. The standard InChI is InChI=1S/C9H15N5O3S/c1-14(2)9(15)7-3-4-8(13-12-7)11-5-6-18(10,16)17/h3-4H,5-6H2,1-2H3,(H,11,13)(H2,10,16,17). The number of anilines is 1. The first-order valence-electron chi connectivity index (χ1n) is 5.09. The highest BCUT2D eigenvalue weighted by Crippen LogP contribution is 2.03. The topological polar surface area (TPSA) is 118 Å². The van der Waals surface area contributed by atoms with Gasteiger partial charge in [0.05, 0.1) is 5.75 Å². The number of primary sulfonamides is 1. The molecule has 0 aliphatic rings. The van der Waals surface area contributed by atoms with Crippen LogP contribution in [0.4, 0.5) is 5.82 Å². The summed E-state index contributed by atoms with van der Waals surface area (Å²) in [7, 11) is -0.272. The molecule has 0 saturated heterocycles. The summed E-state index contributed by atoms with van der Waals surface area (Å²) in [6, 6.07) is 3.06. The number of carbonyl (C=O) groups is 1. The molecule has 0 aromatic carbocycles. The fraction of sp³-hybridized carbons (Fsp3) is 0.444. The molecule has 18 heavy (non-hydrogen) atoms. The van der Waals surface area contributed by atoms with Gasteiger partial charge in [0, 0.05) is 20.6 Å². The molecule has 1 amide bonds. The molecule has 100 valence electrons. The number of rotatable bonds is 5. The van der Waals surface area contributed by atoms with Crippen molar-refractivity contribution in [2.45, 2.75) is 0 Å². The van der Waals surface area contributed by atoms with E-state index in [2.05, 4.69) is 15.5 Å². The summed E-state index contributed by atoms with van der Waals surface area (Å²) < 4.78 is 21.4. The fourth-order valence-corrected chi connectivity index (χ4v) is 1.48. The van der Waals surface area contributed by atoms with Gasteiger partial charge in [-0.1, -0.05) is 0 Å². The average Bonchev–Trinajstić information content (AvgIpc) is 2.27. The maximum Gasteiger partial charge on any atom is 0.273 e. The number of aromatic nitrogens is 2. The van der Waals surface area contributed by atoms with Gasteiger partial charge in [-0.25, -0.2) is 13.6 Å².